The lowest BCUT2D eigenvalue weighted by Crippen LogP contribution is -2.26. The average Bonchev–Trinajstić information content (AvgIpc) is 3.16. The summed E-state index contributed by atoms with van der Waals surface area (Å²) in [6, 6.07) is 0. The largest absolute Gasteiger partial charge is 0.504 e. The first kappa shape index (κ1) is 22.2. The molecule has 0 atom stereocenters. The molecule has 0 bridgehead atoms. The fraction of sp³-hybridized carbons (Fsp3) is 0.450. The molecule has 1 aliphatic rings. The van der Waals surface area contributed by atoms with Crippen LogP contribution in [-0.4, -0.2) is 39.9 Å². The summed E-state index contributed by atoms with van der Waals surface area (Å²) in [6.45, 7) is 5.67. The first-order valence-corrected chi connectivity index (χ1v) is 10.4. The van der Waals surface area contributed by atoms with E-state index in [-0.39, 0.29) is 11.9 Å². The van der Waals surface area contributed by atoms with Crippen LogP contribution in [0.4, 0.5) is 0 Å². The molecule has 0 radical (unpaired) electrons. The molecule has 0 aliphatic heterocycles. The molecule has 1 aromatic rings. The van der Waals surface area contributed by atoms with Gasteiger partial charge in [-0.1, -0.05) is 35.9 Å². The van der Waals surface area contributed by atoms with Gasteiger partial charge in [0, 0.05) is 43.3 Å². The van der Waals surface area contributed by atoms with Gasteiger partial charge in [-0.25, -0.2) is 0 Å². The molecule has 1 saturated carbocycles. The van der Waals surface area contributed by atoms with Crippen molar-refractivity contribution in [1.29, 1.82) is 0 Å². The summed E-state index contributed by atoms with van der Waals surface area (Å²) in [5.41, 5.74) is 0.833. The van der Waals surface area contributed by atoms with Gasteiger partial charge in [0.05, 0.1) is 16.1 Å². The monoisotopic (exact) mass is 428 g/mol. The maximum Gasteiger partial charge on any atom is 0.160 e. The molecule has 27 heavy (non-hydrogen) atoms. The molecule has 7 heteroatoms. The van der Waals surface area contributed by atoms with Crippen molar-refractivity contribution in [2.45, 2.75) is 38.3 Å². The number of aliphatic hydroxyl groups excluding tert-OH is 1. The maximum atomic E-state index is 10.3. The molecule has 1 N–H and O–H groups in total. The number of pyridine rings is 1. The zero-order valence-corrected chi connectivity index (χ0v) is 17.7. The number of ether oxygens (including phenoxy) is 1. The minimum Gasteiger partial charge on any atom is -0.504 e. The lowest BCUT2D eigenvalue weighted by Gasteiger charge is -2.21. The molecular formula is C20H26Cl2N2O2S. The Labute approximate surface area is 176 Å². The second-order valence-electron chi connectivity index (χ2n) is 6.42. The summed E-state index contributed by atoms with van der Waals surface area (Å²) in [5.74, 6) is 1.21. The molecule has 0 unspecified atom stereocenters. The van der Waals surface area contributed by atoms with E-state index < -0.39 is 0 Å². The van der Waals surface area contributed by atoms with Gasteiger partial charge in [0.15, 0.2) is 11.5 Å². The van der Waals surface area contributed by atoms with Crippen molar-refractivity contribution in [3.05, 3.63) is 64.3 Å². The Morgan fingerprint density at radius 1 is 1.33 bits per heavy atom. The number of halogens is 2. The molecule has 0 amide bonds. The standard InChI is InChI=1S/C20H26Cl2N2O2S/c1-2-20(26-15-6-3-4-7-15)19(25)8-5-9-24(10-11-27)14-16-17(21)12-23-13-18(16)22/h2,5,8,12-13,15,25,27H,1,3-4,6-7,9-11,14H2/b8-5-,20-19-. The van der Waals surface area contributed by atoms with Crippen molar-refractivity contribution in [1.82, 2.24) is 9.88 Å². The molecule has 1 aromatic heterocycles. The number of aliphatic hydroxyl groups is 1. The van der Waals surface area contributed by atoms with Gasteiger partial charge < -0.3 is 9.84 Å². The van der Waals surface area contributed by atoms with Gasteiger partial charge in [-0.05, 0) is 37.8 Å². The molecule has 0 spiro atoms. The Morgan fingerprint density at radius 3 is 2.59 bits per heavy atom. The van der Waals surface area contributed by atoms with Crippen molar-refractivity contribution < 1.29 is 9.84 Å². The third kappa shape index (κ3) is 7.07. The fourth-order valence-corrected chi connectivity index (χ4v) is 3.75. The van der Waals surface area contributed by atoms with Crippen LogP contribution in [0.1, 0.15) is 31.2 Å². The highest BCUT2D eigenvalue weighted by atomic mass is 35.5. The fourth-order valence-electron chi connectivity index (χ4n) is 2.98. The van der Waals surface area contributed by atoms with Gasteiger partial charge >= 0.3 is 0 Å². The smallest absolute Gasteiger partial charge is 0.160 e. The number of hydrogen-bond acceptors (Lipinski definition) is 5. The van der Waals surface area contributed by atoms with E-state index >= 15 is 0 Å². The van der Waals surface area contributed by atoms with E-state index in [1.54, 1.807) is 24.5 Å². The van der Waals surface area contributed by atoms with Crippen molar-refractivity contribution in [2.24, 2.45) is 0 Å². The van der Waals surface area contributed by atoms with Crippen LogP contribution in [0, 0.1) is 0 Å². The summed E-state index contributed by atoms with van der Waals surface area (Å²) in [4.78, 5) is 6.11. The Balaban J connectivity index is 2.00. The maximum absolute atomic E-state index is 10.3. The topological polar surface area (TPSA) is 45.6 Å². The van der Waals surface area contributed by atoms with E-state index in [0.29, 0.717) is 34.6 Å². The lowest BCUT2D eigenvalue weighted by atomic mass is 10.2. The normalized spacial score (nSPS) is 16.1. The van der Waals surface area contributed by atoms with E-state index in [4.69, 9.17) is 27.9 Å². The van der Waals surface area contributed by atoms with Crippen molar-refractivity contribution >= 4 is 35.8 Å². The number of allylic oxidation sites excluding steroid dienone is 2. The van der Waals surface area contributed by atoms with Gasteiger partial charge in [-0.15, -0.1) is 0 Å². The van der Waals surface area contributed by atoms with Crippen LogP contribution in [0.2, 0.25) is 10.0 Å². The molecule has 1 heterocycles. The number of thiol groups is 1. The van der Waals surface area contributed by atoms with E-state index in [2.05, 4.69) is 29.1 Å². The predicted octanol–water partition coefficient (Wildman–Crippen LogP) is 5.59. The predicted molar refractivity (Wildman–Crippen MR) is 116 cm³/mol. The summed E-state index contributed by atoms with van der Waals surface area (Å²) in [5, 5.41) is 11.4. The van der Waals surface area contributed by atoms with E-state index in [1.165, 1.54) is 12.8 Å². The number of nitrogens with zero attached hydrogens (tertiary/aromatic N) is 2. The molecule has 1 fully saturated rings. The molecule has 0 saturated heterocycles. The van der Waals surface area contributed by atoms with Crippen LogP contribution in [-0.2, 0) is 11.3 Å². The van der Waals surface area contributed by atoms with E-state index in [1.807, 2.05) is 6.08 Å². The number of rotatable bonds is 10. The van der Waals surface area contributed by atoms with Crippen molar-refractivity contribution in [3.63, 3.8) is 0 Å². The number of aromatic nitrogens is 1. The second-order valence-corrected chi connectivity index (χ2v) is 7.68. The van der Waals surface area contributed by atoms with Gasteiger partial charge in [-0.3, -0.25) is 9.88 Å². The highest BCUT2D eigenvalue weighted by Crippen LogP contribution is 2.25. The first-order valence-electron chi connectivity index (χ1n) is 9.05. The highest BCUT2D eigenvalue weighted by molar-refractivity contribution is 7.80. The molecule has 1 aliphatic carbocycles. The molecule has 148 valence electrons. The second kappa shape index (κ2) is 11.6. The zero-order valence-electron chi connectivity index (χ0n) is 15.3. The molecular weight excluding hydrogens is 403 g/mol. The van der Waals surface area contributed by atoms with Crippen LogP contribution < -0.4 is 0 Å². The summed E-state index contributed by atoms with van der Waals surface area (Å²) in [6.07, 6.45) is 12.8. The molecule has 0 aromatic carbocycles. The molecule has 4 nitrogen and oxygen atoms in total. The minimum atomic E-state index is 0.0858. The summed E-state index contributed by atoms with van der Waals surface area (Å²) < 4.78 is 5.85. The third-order valence-electron chi connectivity index (χ3n) is 4.42. The van der Waals surface area contributed by atoms with Gasteiger partial charge in [0.25, 0.3) is 0 Å². The number of hydrogen-bond donors (Lipinski definition) is 2. The SMILES string of the molecule is C=C/C(OC1CCCC1)=C(O)\C=C/CN(CCS)Cc1c(Cl)cncc1Cl. The van der Waals surface area contributed by atoms with Crippen molar-refractivity contribution in [2.75, 3.05) is 18.8 Å². The van der Waals surface area contributed by atoms with E-state index in [9.17, 15) is 5.11 Å². The Hall–Kier alpha value is -1.14. The Bertz CT molecular complexity index is 668. The van der Waals surface area contributed by atoms with Gasteiger partial charge in [0.1, 0.15) is 0 Å². The average molecular weight is 429 g/mol. The van der Waals surface area contributed by atoms with E-state index in [0.717, 1.165) is 24.9 Å². The van der Waals surface area contributed by atoms with Gasteiger partial charge in [-0.2, -0.15) is 12.6 Å². The minimum absolute atomic E-state index is 0.0858. The third-order valence-corrected chi connectivity index (χ3v) is 5.27. The lowest BCUT2D eigenvalue weighted by molar-refractivity contribution is 0.121. The first-order chi connectivity index (χ1) is 13.0. The van der Waals surface area contributed by atoms with Gasteiger partial charge in [0.2, 0.25) is 0 Å². The van der Waals surface area contributed by atoms with Crippen LogP contribution in [0.25, 0.3) is 0 Å². The van der Waals surface area contributed by atoms with Crippen LogP contribution in [0.5, 0.6) is 0 Å². The summed E-state index contributed by atoms with van der Waals surface area (Å²) >= 11 is 16.7. The highest BCUT2D eigenvalue weighted by Gasteiger charge is 2.18. The van der Waals surface area contributed by atoms with Crippen molar-refractivity contribution in [3.8, 4) is 0 Å². The molecule has 2 rings (SSSR count). The summed E-state index contributed by atoms with van der Waals surface area (Å²) in [7, 11) is 0. The van der Waals surface area contributed by atoms with Crippen LogP contribution >= 0.6 is 35.8 Å². The van der Waals surface area contributed by atoms with Crippen LogP contribution in [0.15, 0.2) is 48.7 Å². The Kier molecular flexibility index (Phi) is 9.56. The zero-order chi connectivity index (χ0) is 19.6. The Morgan fingerprint density at radius 2 is 2.00 bits per heavy atom. The quantitative estimate of drug-likeness (QED) is 0.289. The van der Waals surface area contributed by atoms with Crippen LogP contribution in [0.3, 0.4) is 0 Å².